The smallest absolute Gasteiger partial charge is 0.231 e. The number of rotatable bonds is 2. The lowest BCUT2D eigenvalue weighted by Crippen LogP contribution is -1.97. The van der Waals surface area contributed by atoms with E-state index in [-0.39, 0.29) is 6.79 Å². The monoisotopic (exact) mass is 240 g/mol. The summed E-state index contributed by atoms with van der Waals surface area (Å²) in [4.78, 5) is 8.06. The lowest BCUT2D eigenvalue weighted by molar-refractivity contribution is 0.174. The van der Waals surface area contributed by atoms with E-state index >= 15 is 0 Å². The summed E-state index contributed by atoms with van der Waals surface area (Å²) in [7, 11) is 0. The van der Waals surface area contributed by atoms with Crippen molar-refractivity contribution >= 4 is 11.6 Å². The first-order chi connectivity index (χ1) is 8.85. The average molecular weight is 240 g/mol. The normalized spacial score (nSPS) is 11.9. The van der Waals surface area contributed by atoms with Gasteiger partial charge in [-0.1, -0.05) is 0 Å². The molecule has 2 aromatic rings. The minimum Gasteiger partial charge on any atom is -0.454 e. The third kappa shape index (κ3) is 1.89. The van der Waals surface area contributed by atoms with Crippen LogP contribution in [0.25, 0.3) is 0 Å². The van der Waals surface area contributed by atoms with Crippen molar-refractivity contribution in [2.24, 2.45) is 0 Å². The number of ether oxygens (including phenoxy) is 2. The Morgan fingerprint density at radius 2 is 2.11 bits per heavy atom. The van der Waals surface area contributed by atoms with E-state index in [2.05, 4.69) is 15.3 Å². The van der Waals surface area contributed by atoms with E-state index in [0.29, 0.717) is 23.1 Å². The van der Waals surface area contributed by atoms with Crippen LogP contribution < -0.4 is 14.8 Å². The maximum absolute atomic E-state index is 8.75. The summed E-state index contributed by atoms with van der Waals surface area (Å²) in [6.45, 7) is 0.235. The molecular formula is C12H8N4O2. The molecule has 88 valence electrons. The molecule has 1 aliphatic rings. The van der Waals surface area contributed by atoms with Crippen LogP contribution in [0, 0.1) is 11.3 Å². The van der Waals surface area contributed by atoms with Crippen molar-refractivity contribution in [1.82, 2.24) is 9.97 Å². The van der Waals surface area contributed by atoms with Crippen LogP contribution in [0.15, 0.2) is 30.5 Å². The number of fused-ring (bicyclic) bond motifs is 1. The fourth-order valence-electron chi connectivity index (χ4n) is 1.58. The van der Waals surface area contributed by atoms with Gasteiger partial charge in [0.05, 0.1) is 0 Å². The van der Waals surface area contributed by atoms with Crippen molar-refractivity contribution in [3.8, 4) is 17.6 Å². The number of nitrogens with one attached hydrogen (secondary N) is 1. The fraction of sp³-hybridized carbons (Fsp3) is 0.0833. The quantitative estimate of drug-likeness (QED) is 0.862. The molecule has 0 radical (unpaired) electrons. The molecule has 1 aromatic heterocycles. The Morgan fingerprint density at radius 3 is 3.00 bits per heavy atom. The second kappa shape index (κ2) is 4.22. The Hall–Kier alpha value is -2.81. The highest BCUT2D eigenvalue weighted by atomic mass is 16.7. The summed E-state index contributed by atoms with van der Waals surface area (Å²) >= 11 is 0. The first-order valence-corrected chi connectivity index (χ1v) is 5.25. The SMILES string of the molecule is N#Cc1ccnc(Nc2ccc3c(c2)OCO3)n1. The molecule has 0 saturated carbocycles. The van der Waals surface area contributed by atoms with Crippen molar-refractivity contribution < 1.29 is 9.47 Å². The molecule has 0 unspecified atom stereocenters. The van der Waals surface area contributed by atoms with E-state index in [9.17, 15) is 0 Å². The molecule has 0 fully saturated rings. The van der Waals surface area contributed by atoms with Crippen molar-refractivity contribution in [2.45, 2.75) is 0 Å². The predicted octanol–water partition coefficient (Wildman–Crippen LogP) is 1.82. The van der Waals surface area contributed by atoms with E-state index in [1.165, 1.54) is 6.20 Å². The molecule has 6 heteroatoms. The summed E-state index contributed by atoms with van der Waals surface area (Å²) in [5.74, 6) is 1.76. The fourth-order valence-corrected chi connectivity index (χ4v) is 1.58. The molecule has 6 nitrogen and oxygen atoms in total. The zero-order valence-corrected chi connectivity index (χ0v) is 9.25. The van der Waals surface area contributed by atoms with E-state index < -0.39 is 0 Å². The van der Waals surface area contributed by atoms with E-state index in [4.69, 9.17) is 14.7 Å². The summed E-state index contributed by atoms with van der Waals surface area (Å²) in [5, 5.41) is 11.7. The minimum absolute atomic E-state index is 0.235. The molecule has 0 saturated heterocycles. The van der Waals surface area contributed by atoms with Crippen LogP contribution in [0.4, 0.5) is 11.6 Å². The van der Waals surface area contributed by atoms with Crippen LogP contribution in [-0.2, 0) is 0 Å². The molecule has 1 aliphatic heterocycles. The molecule has 1 aromatic carbocycles. The highest BCUT2D eigenvalue weighted by Crippen LogP contribution is 2.34. The molecule has 0 bridgehead atoms. The van der Waals surface area contributed by atoms with Gasteiger partial charge in [-0.3, -0.25) is 0 Å². The van der Waals surface area contributed by atoms with E-state index in [1.807, 2.05) is 12.1 Å². The summed E-state index contributed by atoms with van der Waals surface area (Å²) < 4.78 is 10.5. The van der Waals surface area contributed by atoms with Gasteiger partial charge in [-0.25, -0.2) is 9.97 Å². The Labute approximate surface area is 103 Å². The molecule has 2 heterocycles. The second-order valence-electron chi connectivity index (χ2n) is 3.57. The van der Waals surface area contributed by atoms with Gasteiger partial charge in [0.15, 0.2) is 11.5 Å². The van der Waals surface area contributed by atoms with E-state index in [0.717, 1.165) is 5.69 Å². The average Bonchev–Trinajstić information content (AvgIpc) is 2.86. The summed E-state index contributed by atoms with van der Waals surface area (Å²) in [6.07, 6.45) is 1.53. The van der Waals surface area contributed by atoms with Crippen molar-refractivity contribution in [2.75, 3.05) is 12.1 Å². The minimum atomic E-state index is 0.235. The highest BCUT2D eigenvalue weighted by molar-refractivity contribution is 5.60. The van der Waals surface area contributed by atoms with Gasteiger partial charge in [0, 0.05) is 18.0 Å². The van der Waals surface area contributed by atoms with Crippen LogP contribution in [0.5, 0.6) is 11.5 Å². The maximum Gasteiger partial charge on any atom is 0.231 e. The number of nitriles is 1. The molecule has 0 amide bonds. The highest BCUT2D eigenvalue weighted by Gasteiger charge is 2.13. The molecule has 1 N–H and O–H groups in total. The van der Waals surface area contributed by atoms with Crippen molar-refractivity contribution in [1.29, 1.82) is 5.26 Å². The Morgan fingerprint density at radius 1 is 1.22 bits per heavy atom. The first kappa shape index (κ1) is 10.4. The second-order valence-corrected chi connectivity index (χ2v) is 3.57. The number of nitrogens with zero attached hydrogens (tertiary/aromatic N) is 3. The van der Waals surface area contributed by atoms with Crippen LogP contribution >= 0.6 is 0 Å². The van der Waals surface area contributed by atoms with Gasteiger partial charge >= 0.3 is 0 Å². The number of benzene rings is 1. The van der Waals surface area contributed by atoms with Gasteiger partial charge in [0.1, 0.15) is 11.8 Å². The van der Waals surface area contributed by atoms with Crippen LogP contribution in [0.3, 0.4) is 0 Å². The third-order valence-corrected chi connectivity index (χ3v) is 2.40. The van der Waals surface area contributed by atoms with Crippen LogP contribution in [0.2, 0.25) is 0 Å². The molecule has 0 atom stereocenters. The van der Waals surface area contributed by atoms with Gasteiger partial charge < -0.3 is 14.8 Å². The maximum atomic E-state index is 8.75. The van der Waals surface area contributed by atoms with Gasteiger partial charge in [0.2, 0.25) is 12.7 Å². The van der Waals surface area contributed by atoms with Gasteiger partial charge in [-0.15, -0.1) is 0 Å². The van der Waals surface area contributed by atoms with Gasteiger partial charge in [-0.05, 0) is 18.2 Å². The summed E-state index contributed by atoms with van der Waals surface area (Å²) in [5.41, 5.74) is 1.09. The standard InChI is InChI=1S/C12H8N4O2/c13-6-9-3-4-14-12(16-9)15-8-1-2-10-11(5-8)18-7-17-10/h1-5H,7H2,(H,14,15,16). The molecule has 0 spiro atoms. The molecule has 18 heavy (non-hydrogen) atoms. The van der Waals surface area contributed by atoms with Gasteiger partial charge in [-0.2, -0.15) is 5.26 Å². The zero-order chi connectivity index (χ0) is 12.4. The molecular weight excluding hydrogens is 232 g/mol. The summed E-state index contributed by atoms with van der Waals surface area (Å²) in [6, 6.07) is 8.94. The largest absolute Gasteiger partial charge is 0.454 e. The zero-order valence-electron chi connectivity index (χ0n) is 9.25. The number of hydrogen-bond donors (Lipinski definition) is 1. The lowest BCUT2D eigenvalue weighted by atomic mass is 10.3. The van der Waals surface area contributed by atoms with E-state index in [1.54, 1.807) is 18.2 Å². The molecule has 0 aliphatic carbocycles. The Bertz CT molecular complexity index is 636. The Kier molecular flexibility index (Phi) is 2.43. The lowest BCUT2D eigenvalue weighted by Gasteiger charge is -2.05. The van der Waals surface area contributed by atoms with Crippen molar-refractivity contribution in [3.63, 3.8) is 0 Å². The first-order valence-electron chi connectivity index (χ1n) is 5.25. The Balaban J connectivity index is 1.86. The topological polar surface area (TPSA) is 80.1 Å². The number of aromatic nitrogens is 2. The number of anilines is 2. The predicted molar refractivity (Wildman–Crippen MR) is 62.6 cm³/mol. The van der Waals surface area contributed by atoms with Crippen LogP contribution in [0.1, 0.15) is 5.69 Å². The molecule has 3 rings (SSSR count). The third-order valence-electron chi connectivity index (χ3n) is 2.40. The van der Waals surface area contributed by atoms with Gasteiger partial charge in [0.25, 0.3) is 0 Å². The number of hydrogen-bond acceptors (Lipinski definition) is 6. The van der Waals surface area contributed by atoms with Crippen LogP contribution in [-0.4, -0.2) is 16.8 Å². The van der Waals surface area contributed by atoms with Crippen molar-refractivity contribution in [3.05, 3.63) is 36.2 Å².